The molecule has 1 N–H and O–H groups in total. The van der Waals surface area contributed by atoms with E-state index in [0.29, 0.717) is 5.92 Å². The van der Waals surface area contributed by atoms with Crippen molar-refractivity contribution >= 4 is 21.6 Å². The summed E-state index contributed by atoms with van der Waals surface area (Å²) in [6.45, 7) is 9.94. The summed E-state index contributed by atoms with van der Waals surface area (Å²) in [7, 11) is 0. The van der Waals surface area contributed by atoms with E-state index >= 15 is 0 Å². The molecule has 3 nitrogen and oxygen atoms in total. The largest absolute Gasteiger partial charge is 0.314 e. The molecule has 1 saturated heterocycles. The Morgan fingerprint density at radius 1 is 1.32 bits per heavy atom. The van der Waals surface area contributed by atoms with E-state index in [1.54, 1.807) is 0 Å². The van der Waals surface area contributed by atoms with Crippen molar-refractivity contribution in [2.75, 3.05) is 26.2 Å². The molecule has 0 amide bonds. The second kappa shape index (κ2) is 5.57. The third-order valence-electron chi connectivity index (χ3n) is 3.62. The number of aromatic nitrogens is 1. The predicted octanol–water partition coefficient (Wildman–Crippen LogP) is 2.82. The minimum Gasteiger partial charge on any atom is -0.314 e. The van der Waals surface area contributed by atoms with Crippen molar-refractivity contribution < 1.29 is 0 Å². The van der Waals surface area contributed by atoms with Gasteiger partial charge in [-0.3, -0.25) is 4.90 Å². The summed E-state index contributed by atoms with van der Waals surface area (Å²) >= 11 is 1.84. The number of piperazine rings is 1. The van der Waals surface area contributed by atoms with Crippen LogP contribution >= 0.6 is 11.3 Å². The SMILES string of the molecule is CC(C)c1nc2c(CN3CCNCC3)cccc2s1. The van der Waals surface area contributed by atoms with Gasteiger partial charge in [-0.2, -0.15) is 0 Å². The fraction of sp³-hybridized carbons (Fsp3) is 0.533. The van der Waals surface area contributed by atoms with E-state index < -0.39 is 0 Å². The molecule has 1 aromatic carbocycles. The molecule has 0 bridgehead atoms. The van der Waals surface area contributed by atoms with Crippen LogP contribution in [0.25, 0.3) is 10.2 Å². The molecule has 0 atom stereocenters. The first-order valence-electron chi connectivity index (χ1n) is 7.05. The van der Waals surface area contributed by atoms with E-state index in [2.05, 4.69) is 42.3 Å². The van der Waals surface area contributed by atoms with Crippen molar-refractivity contribution in [3.63, 3.8) is 0 Å². The second-order valence-corrected chi connectivity index (χ2v) is 6.56. The van der Waals surface area contributed by atoms with Gasteiger partial charge < -0.3 is 5.32 Å². The fourth-order valence-electron chi connectivity index (χ4n) is 2.51. The Kier molecular flexibility index (Phi) is 3.82. The lowest BCUT2D eigenvalue weighted by molar-refractivity contribution is 0.234. The zero-order valence-corrected chi connectivity index (χ0v) is 12.5. The molecule has 2 aromatic rings. The Bertz CT molecular complexity index is 556. The minimum atomic E-state index is 0.518. The van der Waals surface area contributed by atoms with Gasteiger partial charge in [-0.15, -0.1) is 11.3 Å². The van der Waals surface area contributed by atoms with E-state index in [1.807, 2.05) is 11.3 Å². The average molecular weight is 275 g/mol. The third-order valence-corrected chi connectivity index (χ3v) is 4.94. The maximum Gasteiger partial charge on any atom is 0.0964 e. The average Bonchev–Trinajstić information content (AvgIpc) is 2.85. The van der Waals surface area contributed by atoms with Gasteiger partial charge in [0.05, 0.1) is 15.2 Å². The molecule has 1 aromatic heterocycles. The van der Waals surface area contributed by atoms with E-state index in [4.69, 9.17) is 4.98 Å². The maximum atomic E-state index is 4.85. The summed E-state index contributed by atoms with van der Waals surface area (Å²) in [5.41, 5.74) is 2.59. The van der Waals surface area contributed by atoms with Crippen molar-refractivity contribution in [1.82, 2.24) is 15.2 Å². The number of benzene rings is 1. The second-order valence-electron chi connectivity index (χ2n) is 5.50. The molecule has 4 heteroatoms. The highest BCUT2D eigenvalue weighted by Gasteiger charge is 2.14. The Hall–Kier alpha value is -0.970. The Labute approximate surface area is 118 Å². The number of fused-ring (bicyclic) bond motifs is 1. The van der Waals surface area contributed by atoms with E-state index in [-0.39, 0.29) is 0 Å². The van der Waals surface area contributed by atoms with Crippen LogP contribution in [-0.4, -0.2) is 36.1 Å². The zero-order valence-electron chi connectivity index (χ0n) is 11.6. The molecule has 1 fully saturated rings. The summed E-state index contributed by atoms with van der Waals surface area (Å²) in [5, 5.41) is 4.65. The van der Waals surface area contributed by atoms with Crippen molar-refractivity contribution in [2.45, 2.75) is 26.3 Å². The van der Waals surface area contributed by atoms with Gasteiger partial charge >= 0.3 is 0 Å². The molecule has 0 radical (unpaired) electrons. The van der Waals surface area contributed by atoms with Crippen LogP contribution in [-0.2, 0) is 6.54 Å². The van der Waals surface area contributed by atoms with Crippen LogP contribution in [0.5, 0.6) is 0 Å². The van der Waals surface area contributed by atoms with E-state index in [1.165, 1.54) is 20.8 Å². The molecule has 3 rings (SSSR count). The lowest BCUT2D eigenvalue weighted by atomic mass is 10.1. The fourth-order valence-corrected chi connectivity index (χ4v) is 3.53. The molecule has 0 spiro atoms. The Morgan fingerprint density at radius 2 is 2.11 bits per heavy atom. The Morgan fingerprint density at radius 3 is 2.84 bits per heavy atom. The highest BCUT2D eigenvalue weighted by molar-refractivity contribution is 7.18. The first-order valence-corrected chi connectivity index (χ1v) is 7.87. The number of para-hydroxylation sites is 1. The van der Waals surface area contributed by atoms with Crippen LogP contribution in [0.1, 0.15) is 30.3 Å². The van der Waals surface area contributed by atoms with Crippen molar-refractivity contribution in [3.8, 4) is 0 Å². The van der Waals surface area contributed by atoms with Crippen LogP contribution in [0, 0.1) is 0 Å². The number of rotatable bonds is 3. The van der Waals surface area contributed by atoms with Gasteiger partial charge in [0.25, 0.3) is 0 Å². The van der Waals surface area contributed by atoms with Crippen molar-refractivity contribution in [1.29, 1.82) is 0 Å². The van der Waals surface area contributed by atoms with Gasteiger partial charge in [-0.1, -0.05) is 26.0 Å². The normalized spacial score (nSPS) is 17.4. The van der Waals surface area contributed by atoms with Crippen LogP contribution in [0.4, 0.5) is 0 Å². The van der Waals surface area contributed by atoms with Gasteiger partial charge in [-0.05, 0) is 11.6 Å². The first-order chi connectivity index (χ1) is 9.24. The van der Waals surface area contributed by atoms with Crippen LogP contribution in [0.15, 0.2) is 18.2 Å². The number of nitrogens with one attached hydrogen (secondary N) is 1. The third kappa shape index (κ3) is 2.81. The van der Waals surface area contributed by atoms with Crippen molar-refractivity contribution in [2.24, 2.45) is 0 Å². The number of thiazole rings is 1. The van der Waals surface area contributed by atoms with Gasteiger partial charge in [0.1, 0.15) is 0 Å². The molecule has 0 saturated carbocycles. The minimum absolute atomic E-state index is 0.518. The topological polar surface area (TPSA) is 28.2 Å². The molecule has 0 aliphatic carbocycles. The Balaban J connectivity index is 1.89. The lowest BCUT2D eigenvalue weighted by Gasteiger charge is -2.27. The van der Waals surface area contributed by atoms with Crippen LogP contribution in [0.2, 0.25) is 0 Å². The van der Waals surface area contributed by atoms with Crippen LogP contribution in [0.3, 0.4) is 0 Å². The molecular weight excluding hydrogens is 254 g/mol. The van der Waals surface area contributed by atoms with Gasteiger partial charge in [-0.25, -0.2) is 4.98 Å². The molecule has 1 aliphatic heterocycles. The summed E-state index contributed by atoms with van der Waals surface area (Å²) < 4.78 is 1.33. The summed E-state index contributed by atoms with van der Waals surface area (Å²) in [6, 6.07) is 6.59. The molecule has 2 heterocycles. The lowest BCUT2D eigenvalue weighted by Crippen LogP contribution is -2.42. The van der Waals surface area contributed by atoms with E-state index in [9.17, 15) is 0 Å². The molecule has 0 unspecified atom stereocenters. The van der Waals surface area contributed by atoms with Crippen LogP contribution < -0.4 is 5.32 Å². The van der Waals surface area contributed by atoms with Gasteiger partial charge in [0.15, 0.2) is 0 Å². The maximum absolute atomic E-state index is 4.85. The monoisotopic (exact) mass is 275 g/mol. The highest BCUT2D eigenvalue weighted by atomic mass is 32.1. The summed E-state index contributed by atoms with van der Waals surface area (Å²) in [5.74, 6) is 0.518. The molecule has 102 valence electrons. The van der Waals surface area contributed by atoms with E-state index in [0.717, 1.165) is 32.7 Å². The standard InChI is InChI=1S/C15H21N3S/c1-11(2)15-17-14-12(4-3-5-13(14)19-15)10-18-8-6-16-7-9-18/h3-5,11,16H,6-10H2,1-2H3. The quantitative estimate of drug-likeness (QED) is 0.933. The first kappa shape index (κ1) is 13.0. The highest BCUT2D eigenvalue weighted by Crippen LogP contribution is 2.29. The zero-order chi connectivity index (χ0) is 13.2. The summed E-state index contributed by atoms with van der Waals surface area (Å²) in [6.07, 6.45) is 0. The molecule has 1 aliphatic rings. The molecular formula is C15H21N3S. The van der Waals surface area contributed by atoms with Gasteiger partial charge in [0, 0.05) is 38.6 Å². The number of nitrogens with zero attached hydrogens (tertiary/aromatic N) is 2. The van der Waals surface area contributed by atoms with Gasteiger partial charge in [0.2, 0.25) is 0 Å². The number of hydrogen-bond acceptors (Lipinski definition) is 4. The number of hydrogen-bond donors (Lipinski definition) is 1. The summed E-state index contributed by atoms with van der Waals surface area (Å²) in [4.78, 5) is 7.37. The smallest absolute Gasteiger partial charge is 0.0964 e. The van der Waals surface area contributed by atoms with Crippen molar-refractivity contribution in [3.05, 3.63) is 28.8 Å². The molecule has 19 heavy (non-hydrogen) atoms. The predicted molar refractivity (Wildman–Crippen MR) is 81.9 cm³/mol.